The molecule has 16 heavy (non-hydrogen) atoms. The molecule has 80 valence electrons. The van der Waals surface area contributed by atoms with Crippen LogP contribution in [0, 0.1) is 0 Å². The molecule has 0 amide bonds. The fourth-order valence-electron chi connectivity index (χ4n) is 1.87. The van der Waals surface area contributed by atoms with Crippen LogP contribution in [0.2, 0.25) is 5.02 Å². The molecular formula is C13H10ClNO. The molecule has 0 saturated heterocycles. The van der Waals surface area contributed by atoms with Gasteiger partial charge in [0, 0.05) is 16.7 Å². The van der Waals surface area contributed by atoms with Crippen LogP contribution < -0.4 is 0 Å². The smallest absolute Gasteiger partial charge is 0.123 e. The number of hydrogen-bond donors (Lipinski definition) is 0. The number of rotatable bonds is 2. The van der Waals surface area contributed by atoms with E-state index in [2.05, 4.69) is 10.6 Å². The molecule has 0 fully saturated rings. The Hall–Kier alpha value is -1.67. The zero-order valence-electron chi connectivity index (χ0n) is 8.56. The molecule has 0 saturated carbocycles. The zero-order chi connectivity index (χ0) is 11.0. The number of halogens is 1. The first-order valence-corrected chi connectivity index (χ1v) is 5.47. The van der Waals surface area contributed by atoms with Crippen molar-refractivity contribution in [2.75, 3.05) is 0 Å². The number of benzene rings is 1. The Labute approximate surface area is 98.1 Å². The van der Waals surface area contributed by atoms with Crippen molar-refractivity contribution in [1.29, 1.82) is 0 Å². The summed E-state index contributed by atoms with van der Waals surface area (Å²) in [5, 5.41) is 1.95. The minimum atomic E-state index is 0.733. The van der Waals surface area contributed by atoms with Gasteiger partial charge in [-0.05, 0) is 35.7 Å². The first-order valence-electron chi connectivity index (χ1n) is 5.10. The lowest BCUT2D eigenvalue weighted by Crippen LogP contribution is -1.95. The molecule has 1 aromatic carbocycles. The summed E-state index contributed by atoms with van der Waals surface area (Å²) in [5.74, 6) is 0.942. The Morgan fingerprint density at radius 3 is 2.94 bits per heavy atom. The Morgan fingerprint density at radius 1 is 1.19 bits per heavy atom. The van der Waals surface area contributed by atoms with Crippen molar-refractivity contribution in [1.82, 2.24) is 4.57 Å². The predicted octanol–water partition coefficient (Wildman–Crippen LogP) is 3.94. The second kappa shape index (κ2) is 3.72. The molecule has 0 bridgehead atoms. The monoisotopic (exact) mass is 231 g/mol. The lowest BCUT2D eigenvalue weighted by Gasteiger charge is -2.02. The standard InChI is InChI=1S/C13H10ClNO/c14-11-4-3-10-5-6-15(13(10)8-11)9-12-2-1-7-16-12/h1-8H,9H2. The third-order valence-electron chi connectivity index (χ3n) is 2.64. The van der Waals surface area contributed by atoms with E-state index in [1.54, 1.807) is 6.26 Å². The van der Waals surface area contributed by atoms with Crippen molar-refractivity contribution in [3.63, 3.8) is 0 Å². The van der Waals surface area contributed by atoms with Crippen LogP contribution in [0.3, 0.4) is 0 Å². The quantitative estimate of drug-likeness (QED) is 0.653. The highest BCUT2D eigenvalue weighted by molar-refractivity contribution is 6.31. The van der Waals surface area contributed by atoms with Gasteiger partial charge in [-0.25, -0.2) is 0 Å². The molecular weight excluding hydrogens is 222 g/mol. The van der Waals surface area contributed by atoms with E-state index in [1.165, 1.54) is 5.39 Å². The number of fused-ring (bicyclic) bond motifs is 1. The molecule has 3 aromatic rings. The summed E-state index contributed by atoms with van der Waals surface area (Å²) in [7, 11) is 0. The van der Waals surface area contributed by atoms with Gasteiger partial charge in [-0.2, -0.15) is 0 Å². The van der Waals surface area contributed by atoms with E-state index in [4.69, 9.17) is 16.0 Å². The van der Waals surface area contributed by atoms with Crippen molar-refractivity contribution < 1.29 is 4.42 Å². The van der Waals surface area contributed by atoms with E-state index >= 15 is 0 Å². The Balaban J connectivity index is 2.07. The van der Waals surface area contributed by atoms with Crippen LogP contribution in [-0.4, -0.2) is 4.57 Å². The summed E-state index contributed by atoms with van der Waals surface area (Å²) in [6, 6.07) is 11.8. The predicted molar refractivity (Wildman–Crippen MR) is 64.8 cm³/mol. The molecule has 0 atom stereocenters. The molecule has 3 heteroatoms. The van der Waals surface area contributed by atoms with Gasteiger partial charge in [-0.1, -0.05) is 17.7 Å². The Kier molecular flexibility index (Phi) is 2.22. The topological polar surface area (TPSA) is 18.1 Å². The van der Waals surface area contributed by atoms with Crippen molar-refractivity contribution in [3.8, 4) is 0 Å². The van der Waals surface area contributed by atoms with Crippen LogP contribution in [0.1, 0.15) is 5.76 Å². The maximum absolute atomic E-state index is 5.99. The second-order valence-electron chi connectivity index (χ2n) is 3.73. The van der Waals surface area contributed by atoms with Crippen molar-refractivity contribution in [2.24, 2.45) is 0 Å². The molecule has 0 aliphatic rings. The van der Waals surface area contributed by atoms with Crippen molar-refractivity contribution in [3.05, 3.63) is 59.6 Å². The van der Waals surface area contributed by atoms with E-state index in [9.17, 15) is 0 Å². The van der Waals surface area contributed by atoms with Crippen LogP contribution >= 0.6 is 11.6 Å². The van der Waals surface area contributed by atoms with Gasteiger partial charge in [0.1, 0.15) is 5.76 Å². The highest BCUT2D eigenvalue weighted by Crippen LogP contribution is 2.21. The summed E-state index contributed by atoms with van der Waals surface area (Å²) in [5.41, 5.74) is 1.13. The van der Waals surface area contributed by atoms with Gasteiger partial charge in [0.25, 0.3) is 0 Å². The van der Waals surface area contributed by atoms with E-state index < -0.39 is 0 Å². The van der Waals surface area contributed by atoms with E-state index in [-0.39, 0.29) is 0 Å². The molecule has 0 radical (unpaired) electrons. The summed E-state index contributed by atoms with van der Waals surface area (Å²) < 4.78 is 7.46. The number of hydrogen-bond acceptors (Lipinski definition) is 1. The summed E-state index contributed by atoms with van der Waals surface area (Å²) in [4.78, 5) is 0. The maximum Gasteiger partial charge on any atom is 0.123 e. The van der Waals surface area contributed by atoms with Gasteiger partial charge in [0.05, 0.1) is 12.8 Å². The highest BCUT2D eigenvalue weighted by Gasteiger charge is 2.03. The lowest BCUT2D eigenvalue weighted by atomic mass is 10.2. The molecule has 0 aliphatic carbocycles. The average Bonchev–Trinajstić information content (AvgIpc) is 2.90. The van der Waals surface area contributed by atoms with Gasteiger partial charge < -0.3 is 8.98 Å². The van der Waals surface area contributed by atoms with E-state index in [1.807, 2.05) is 36.5 Å². The first kappa shape index (κ1) is 9.55. The Morgan fingerprint density at radius 2 is 2.12 bits per heavy atom. The van der Waals surface area contributed by atoms with Gasteiger partial charge in [-0.15, -0.1) is 0 Å². The summed E-state index contributed by atoms with van der Waals surface area (Å²) in [6.07, 6.45) is 3.73. The SMILES string of the molecule is Clc1ccc2ccn(Cc3ccco3)c2c1. The third kappa shape index (κ3) is 1.61. The molecule has 2 heterocycles. The summed E-state index contributed by atoms with van der Waals surface area (Å²) >= 11 is 5.99. The number of furan rings is 1. The molecule has 3 rings (SSSR count). The van der Waals surface area contributed by atoms with Gasteiger partial charge in [0.2, 0.25) is 0 Å². The van der Waals surface area contributed by atoms with Crippen molar-refractivity contribution in [2.45, 2.75) is 6.54 Å². The zero-order valence-corrected chi connectivity index (χ0v) is 9.32. The van der Waals surface area contributed by atoms with Crippen LogP contribution in [0.5, 0.6) is 0 Å². The molecule has 0 N–H and O–H groups in total. The fourth-order valence-corrected chi connectivity index (χ4v) is 2.03. The summed E-state index contributed by atoms with van der Waals surface area (Å²) in [6.45, 7) is 0.733. The molecule has 0 aliphatic heterocycles. The Bertz CT molecular complexity index is 610. The third-order valence-corrected chi connectivity index (χ3v) is 2.88. The van der Waals surface area contributed by atoms with Gasteiger partial charge >= 0.3 is 0 Å². The molecule has 2 aromatic heterocycles. The van der Waals surface area contributed by atoms with E-state index in [0.29, 0.717) is 0 Å². The van der Waals surface area contributed by atoms with Gasteiger partial charge in [0.15, 0.2) is 0 Å². The fraction of sp³-hybridized carbons (Fsp3) is 0.0769. The second-order valence-corrected chi connectivity index (χ2v) is 4.16. The number of nitrogens with zero attached hydrogens (tertiary/aromatic N) is 1. The largest absolute Gasteiger partial charge is 0.467 e. The lowest BCUT2D eigenvalue weighted by molar-refractivity contribution is 0.497. The van der Waals surface area contributed by atoms with Crippen LogP contribution in [0.4, 0.5) is 0 Å². The van der Waals surface area contributed by atoms with Crippen LogP contribution in [0.25, 0.3) is 10.9 Å². The van der Waals surface area contributed by atoms with E-state index in [0.717, 1.165) is 22.8 Å². The maximum atomic E-state index is 5.99. The molecule has 2 nitrogen and oxygen atoms in total. The van der Waals surface area contributed by atoms with Gasteiger partial charge in [-0.3, -0.25) is 0 Å². The average molecular weight is 232 g/mol. The first-order chi connectivity index (χ1) is 7.83. The van der Waals surface area contributed by atoms with Crippen molar-refractivity contribution >= 4 is 22.5 Å². The minimum absolute atomic E-state index is 0.733. The molecule has 0 unspecified atom stereocenters. The highest BCUT2D eigenvalue weighted by atomic mass is 35.5. The minimum Gasteiger partial charge on any atom is -0.467 e. The van der Waals surface area contributed by atoms with Crippen LogP contribution in [-0.2, 0) is 6.54 Å². The number of aromatic nitrogens is 1. The molecule has 0 spiro atoms. The normalized spacial score (nSPS) is 11.1. The van der Waals surface area contributed by atoms with Crippen LogP contribution in [0.15, 0.2) is 53.3 Å².